The average Bonchev–Trinajstić information content (AvgIpc) is 2.38. The van der Waals surface area contributed by atoms with Gasteiger partial charge in [-0.3, -0.25) is 9.59 Å². The number of hydrogen-bond acceptors (Lipinski definition) is 5. The van der Waals surface area contributed by atoms with Gasteiger partial charge in [0.2, 0.25) is 11.8 Å². The molecular formula is C15H26N4O4. The summed E-state index contributed by atoms with van der Waals surface area (Å²) in [4.78, 5) is 34.0. The lowest BCUT2D eigenvalue weighted by Gasteiger charge is -2.62. The van der Waals surface area contributed by atoms with Gasteiger partial charge in [0, 0.05) is 0 Å². The number of carbonyl (C=O) groups excluding carboxylic acids is 3. The molecule has 0 aliphatic heterocycles. The quantitative estimate of drug-likeness (QED) is 0.408. The summed E-state index contributed by atoms with van der Waals surface area (Å²) in [6, 6.07) is -1.36. The zero-order chi connectivity index (χ0) is 17.0. The van der Waals surface area contributed by atoms with Gasteiger partial charge in [-0.15, -0.1) is 0 Å². The van der Waals surface area contributed by atoms with E-state index in [-0.39, 0.29) is 17.9 Å². The Hall–Kier alpha value is -1.83. The highest BCUT2D eigenvalue weighted by Crippen LogP contribution is 2.66. The van der Waals surface area contributed by atoms with Crippen LogP contribution in [0.3, 0.4) is 0 Å². The molecule has 7 N–H and O–H groups in total. The minimum absolute atomic E-state index is 0.179. The van der Waals surface area contributed by atoms with Gasteiger partial charge in [0.25, 0.3) is 0 Å². The molecule has 3 amide bonds. The van der Waals surface area contributed by atoms with Crippen molar-refractivity contribution >= 4 is 17.9 Å². The molecule has 23 heavy (non-hydrogen) atoms. The van der Waals surface area contributed by atoms with E-state index in [1.807, 2.05) is 0 Å². The van der Waals surface area contributed by atoms with Gasteiger partial charge >= 0.3 is 6.09 Å². The molecule has 0 radical (unpaired) electrons. The highest BCUT2D eigenvalue weighted by atomic mass is 16.5. The Morgan fingerprint density at radius 1 is 1.17 bits per heavy atom. The second-order valence-electron chi connectivity index (χ2n) is 6.92. The zero-order valence-electron chi connectivity index (χ0n) is 13.3. The van der Waals surface area contributed by atoms with Gasteiger partial charge in [-0.25, -0.2) is 4.79 Å². The molecule has 2 bridgehead atoms. The summed E-state index contributed by atoms with van der Waals surface area (Å²) in [5.41, 5.74) is 16.4. The predicted octanol–water partition coefficient (Wildman–Crippen LogP) is -0.260. The monoisotopic (exact) mass is 326 g/mol. The van der Waals surface area contributed by atoms with Gasteiger partial charge in [-0.05, 0) is 56.3 Å². The van der Waals surface area contributed by atoms with Gasteiger partial charge < -0.3 is 27.3 Å². The SMILES string of the molecule is NC(=O)OCCCC[C@H](NC(=O)[C@@H](N)CC12CC(C1)C2)C(N)=O. The molecule has 3 fully saturated rings. The van der Waals surface area contributed by atoms with Crippen LogP contribution in [0.15, 0.2) is 0 Å². The first-order chi connectivity index (χ1) is 10.8. The lowest BCUT2D eigenvalue weighted by atomic mass is 9.43. The van der Waals surface area contributed by atoms with E-state index in [1.54, 1.807) is 0 Å². The van der Waals surface area contributed by atoms with Crippen molar-refractivity contribution in [2.24, 2.45) is 28.5 Å². The maximum atomic E-state index is 12.1. The molecule has 0 heterocycles. The Balaban J connectivity index is 1.68. The van der Waals surface area contributed by atoms with Crippen LogP contribution in [0.25, 0.3) is 0 Å². The molecular weight excluding hydrogens is 300 g/mol. The molecule has 8 heteroatoms. The first-order valence-corrected chi connectivity index (χ1v) is 8.09. The number of amides is 3. The standard InChI is InChI=1S/C15H26N4O4/c16-10(8-15-5-9(6-15)7-15)13(21)19-11(12(17)20)3-1-2-4-23-14(18)22/h9-11H,1-8,16H2,(H2,17,20)(H2,18,22)(H,19,21)/t9?,10-,11-,15?/m0/s1. The molecule has 0 aromatic rings. The van der Waals surface area contributed by atoms with E-state index in [1.165, 1.54) is 19.3 Å². The van der Waals surface area contributed by atoms with E-state index in [0.29, 0.717) is 25.7 Å². The summed E-state index contributed by atoms with van der Waals surface area (Å²) in [7, 11) is 0. The largest absolute Gasteiger partial charge is 0.450 e. The predicted molar refractivity (Wildman–Crippen MR) is 82.9 cm³/mol. The van der Waals surface area contributed by atoms with Crippen molar-refractivity contribution in [1.82, 2.24) is 5.32 Å². The van der Waals surface area contributed by atoms with Crippen LogP contribution in [-0.2, 0) is 14.3 Å². The number of carbonyl (C=O) groups is 3. The van der Waals surface area contributed by atoms with Crippen LogP contribution >= 0.6 is 0 Å². The number of ether oxygens (including phenoxy) is 1. The lowest BCUT2D eigenvalue weighted by Crippen LogP contribution is -2.57. The van der Waals surface area contributed by atoms with Crippen LogP contribution in [-0.4, -0.2) is 36.6 Å². The molecule has 8 nitrogen and oxygen atoms in total. The smallest absolute Gasteiger partial charge is 0.404 e. The van der Waals surface area contributed by atoms with Gasteiger partial charge in [0.1, 0.15) is 6.04 Å². The first kappa shape index (κ1) is 17.5. The third kappa shape index (κ3) is 4.57. The van der Waals surface area contributed by atoms with E-state index in [0.717, 1.165) is 5.92 Å². The van der Waals surface area contributed by atoms with E-state index in [9.17, 15) is 14.4 Å². The Kier molecular flexibility index (Phi) is 5.46. The van der Waals surface area contributed by atoms with E-state index in [2.05, 4.69) is 10.1 Å². The maximum absolute atomic E-state index is 12.1. The number of rotatable bonds is 10. The van der Waals surface area contributed by atoms with Crippen LogP contribution in [0.5, 0.6) is 0 Å². The molecule has 0 unspecified atom stereocenters. The summed E-state index contributed by atoms with van der Waals surface area (Å²) in [5, 5.41) is 2.63. The van der Waals surface area contributed by atoms with Gasteiger partial charge in [-0.1, -0.05) is 0 Å². The van der Waals surface area contributed by atoms with Crippen molar-refractivity contribution in [3.05, 3.63) is 0 Å². The van der Waals surface area contributed by atoms with Crippen LogP contribution in [0, 0.1) is 11.3 Å². The van der Waals surface area contributed by atoms with Crippen LogP contribution in [0.1, 0.15) is 44.9 Å². The second-order valence-corrected chi connectivity index (χ2v) is 6.92. The fourth-order valence-electron chi connectivity index (χ4n) is 3.65. The van der Waals surface area contributed by atoms with E-state index >= 15 is 0 Å². The first-order valence-electron chi connectivity index (χ1n) is 8.09. The third-order valence-corrected chi connectivity index (χ3v) is 4.95. The Morgan fingerprint density at radius 2 is 1.83 bits per heavy atom. The van der Waals surface area contributed by atoms with Crippen molar-refractivity contribution < 1.29 is 19.1 Å². The number of unbranched alkanes of at least 4 members (excludes halogenated alkanes) is 1. The Labute approximate surface area is 135 Å². The molecule has 3 saturated carbocycles. The van der Waals surface area contributed by atoms with Crippen molar-refractivity contribution in [3.8, 4) is 0 Å². The molecule has 3 rings (SSSR count). The van der Waals surface area contributed by atoms with E-state index in [4.69, 9.17) is 17.2 Å². The van der Waals surface area contributed by atoms with E-state index < -0.39 is 24.1 Å². The lowest BCUT2D eigenvalue weighted by molar-refractivity contribution is -0.137. The minimum Gasteiger partial charge on any atom is -0.450 e. The van der Waals surface area contributed by atoms with Crippen molar-refractivity contribution in [2.45, 2.75) is 57.0 Å². The second kappa shape index (κ2) is 7.16. The van der Waals surface area contributed by atoms with Crippen molar-refractivity contribution in [2.75, 3.05) is 6.61 Å². The molecule has 130 valence electrons. The number of nitrogens with two attached hydrogens (primary N) is 3. The van der Waals surface area contributed by atoms with Gasteiger partial charge in [-0.2, -0.15) is 0 Å². The van der Waals surface area contributed by atoms with Gasteiger partial charge in [0.05, 0.1) is 12.6 Å². The average molecular weight is 326 g/mol. The minimum atomic E-state index is -0.829. The topological polar surface area (TPSA) is 151 Å². The molecule has 0 aromatic heterocycles. The highest BCUT2D eigenvalue weighted by molar-refractivity contribution is 5.88. The van der Waals surface area contributed by atoms with Crippen LogP contribution in [0.2, 0.25) is 0 Å². The molecule has 2 atom stereocenters. The third-order valence-electron chi connectivity index (χ3n) is 4.95. The van der Waals surface area contributed by atoms with Crippen molar-refractivity contribution in [1.29, 1.82) is 0 Å². The maximum Gasteiger partial charge on any atom is 0.404 e. The Bertz CT molecular complexity index is 465. The zero-order valence-corrected chi connectivity index (χ0v) is 13.3. The fraction of sp³-hybridized carbons (Fsp3) is 0.800. The number of primary amides is 2. The summed E-state index contributed by atoms with van der Waals surface area (Å²) >= 11 is 0. The molecule has 3 aliphatic carbocycles. The fourth-order valence-corrected chi connectivity index (χ4v) is 3.65. The van der Waals surface area contributed by atoms with Crippen LogP contribution < -0.4 is 22.5 Å². The van der Waals surface area contributed by atoms with Crippen molar-refractivity contribution in [3.63, 3.8) is 0 Å². The summed E-state index contributed by atoms with van der Waals surface area (Å²) in [5.74, 6) is -0.0787. The molecule has 3 aliphatic rings. The normalized spacial score (nSPS) is 27.1. The molecule has 0 spiro atoms. The van der Waals surface area contributed by atoms with Crippen LogP contribution in [0.4, 0.5) is 4.79 Å². The summed E-state index contributed by atoms with van der Waals surface area (Å²) in [6.07, 6.45) is 4.86. The molecule has 0 saturated heterocycles. The van der Waals surface area contributed by atoms with Gasteiger partial charge in [0.15, 0.2) is 0 Å². The Morgan fingerprint density at radius 3 is 2.30 bits per heavy atom. The summed E-state index contributed by atoms with van der Waals surface area (Å²) in [6.45, 7) is 0.179. The number of nitrogens with one attached hydrogen (secondary N) is 1. The molecule has 0 aromatic carbocycles. The summed E-state index contributed by atoms with van der Waals surface area (Å²) < 4.78 is 4.60. The highest BCUT2D eigenvalue weighted by Gasteiger charge is 2.56. The number of hydrogen-bond donors (Lipinski definition) is 4.